The van der Waals surface area contributed by atoms with Crippen LogP contribution in [0.2, 0.25) is 5.02 Å². The highest BCUT2D eigenvalue weighted by Crippen LogP contribution is 2.21. The second-order valence-corrected chi connectivity index (χ2v) is 5.32. The SMILES string of the molecule is CCc1ccccc1NC(=O)c1nnc(-c2ccc(Cl)cc2)o1. The average molecular weight is 328 g/mol. The van der Waals surface area contributed by atoms with Crippen molar-refractivity contribution in [3.63, 3.8) is 0 Å². The number of hydrogen-bond donors (Lipinski definition) is 1. The minimum atomic E-state index is -0.432. The molecule has 2 aromatic carbocycles. The molecule has 0 spiro atoms. The van der Waals surface area contributed by atoms with Crippen molar-refractivity contribution in [1.82, 2.24) is 10.2 Å². The highest BCUT2D eigenvalue weighted by molar-refractivity contribution is 6.30. The molecule has 1 N–H and O–H groups in total. The number of rotatable bonds is 4. The molecule has 0 radical (unpaired) electrons. The number of para-hydroxylation sites is 1. The van der Waals surface area contributed by atoms with Crippen molar-refractivity contribution >= 4 is 23.2 Å². The highest BCUT2D eigenvalue weighted by Gasteiger charge is 2.16. The Labute approximate surface area is 138 Å². The quantitative estimate of drug-likeness (QED) is 0.779. The van der Waals surface area contributed by atoms with Crippen LogP contribution in [0, 0.1) is 0 Å². The van der Waals surface area contributed by atoms with Gasteiger partial charge < -0.3 is 9.73 Å². The molecule has 0 aliphatic heterocycles. The largest absolute Gasteiger partial charge is 0.412 e. The monoisotopic (exact) mass is 327 g/mol. The Balaban J connectivity index is 1.80. The van der Waals surface area contributed by atoms with Crippen LogP contribution in [0.3, 0.4) is 0 Å². The summed E-state index contributed by atoms with van der Waals surface area (Å²) in [7, 11) is 0. The molecule has 0 aliphatic carbocycles. The predicted molar refractivity (Wildman–Crippen MR) is 88.5 cm³/mol. The van der Waals surface area contributed by atoms with Crippen LogP contribution in [-0.4, -0.2) is 16.1 Å². The van der Waals surface area contributed by atoms with E-state index in [-0.39, 0.29) is 11.8 Å². The number of carbonyl (C=O) groups is 1. The molecule has 3 aromatic rings. The van der Waals surface area contributed by atoms with Crippen molar-refractivity contribution in [3.05, 3.63) is 65.0 Å². The Kier molecular flexibility index (Phi) is 4.39. The van der Waals surface area contributed by atoms with Gasteiger partial charge in [-0.05, 0) is 42.3 Å². The maximum absolute atomic E-state index is 12.3. The maximum Gasteiger partial charge on any atom is 0.313 e. The summed E-state index contributed by atoms with van der Waals surface area (Å²) in [6, 6.07) is 14.5. The van der Waals surface area contributed by atoms with E-state index in [1.165, 1.54) is 0 Å². The molecular weight excluding hydrogens is 314 g/mol. The van der Waals surface area contributed by atoms with E-state index in [2.05, 4.69) is 15.5 Å². The molecule has 23 heavy (non-hydrogen) atoms. The first-order chi connectivity index (χ1) is 11.2. The fourth-order valence-electron chi connectivity index (χ4n) is 2.15. The van der Waals surface area contributed by atoms with Crippen molar-refractivity contribution in [2.24, 2.45) is 0 Å². The first kappa shape index (κ1) is 15.2. The second-order valence-electron chi connectivity index (χ2n) is 4.88. The molecule has 3 rings (SSSR count). The van der Waals surface area contributed by atoms with E-state index in [1.54, 1.807) is 24.3 Å². The van der Waals surface area contributed by atoms with Crippen molar-refractivity contribution in [2.75, 3.05) is 5.32 Å². The van der Waals surface area contributed by atoms with Gasteiger partial charge in [0.15, 0.2) is 0 Å². The highest BCUT2D eigenvalue weighted by atomic mass is 35.5. The first-order valence-corrected chi connectivity index (χ1v) is 7.54. The standard InChI is InChI=1S/C17H14ClN3O2/c1-2-11-5-3-4-6-14(11)19-15(22)17-21-20-16(23-17)12-7-9-13(18)10-8-12/h3-10H,2H2,1H3,(H,19,22). The Hall–Kier alpha value is -2.66. The van der Waals surface area contributed by atoms with Gasteiger partial charge in [0.1, 0.15) is 0 Å². The third-order valence-electron chi connectivity index (χ3n) is 3.36. The van der Waals surface area contributed by atoms with Crippen LogP contribution in [0.1, 0.15) is 23.2 Å². The molecule has 0 saturated heterocycles. The predicted octanol–water partition coefficient (Wildman–Crippen LogP) is 4.20. The number of anilines is 1. The smallest absolute Gasteiger partial charge is 0.313 e. The van der Waals surface area contributed by atoms with Crippen LogP contribution in [0.25, 0.3) is 11.5 Å². The lowest BCUT2D eigenvalue weighted by molar-refractivity contribution is 0.0990. The van der Waals surface area contributed by atoms with E-state index >= 15 is 0 Å². The lowest BCUT2D eigenvalue weighted by atomic mass is 10.1. The number of nitrogens with zero attached hydrogens (tertiary/aromatic N) is 2. The average Bonchev–Trinajstić information content (AvgIpc) is 3.06. The number of halogens is 1. The van der Waals surface area contributed by atoms with Crippen LogP contribution in [-0.2, 0) is 6.42 Å². The summed E-state index contributed by atoms with van der Waals surface area (Å²) >= 11 is 5.84. The fraction of sp³-hybridized carbons (Fsp3) is 0.118. The zero-order chi connectivity index (χ0) is 16.2. The normalized spacial score (nSPS) is 10.5. The first-order valence-electron chi connectivity index (χ1n) is 7.16. The minimum absolute atomic E-state index is 0.0825. The molecule has 0 saturated carbocycles. The molecule has 1 amide bonds. The molecule has 1 heterocycles. The van der Waals surface area contributed by atoms with Crippen LogP contribution >= 0.6 is 11.6 Å². The Morgan fingerprint density at radius 3 is 2.61 bits per heavy atom. The minimum Gasteiger partial charge on any atom is -0.412 e. The maximum atomic E-state index is 12.3. The van der Waals surface area contributed by atoms with Gasteiger partial charge in [0.2, 0.25) is 5.89 Å². The molecule has 0 aliphatic rings. The Morgan fingerprint density at radius 1 is 1.13 bits per heavy atom. The van der Waals surface area contributed by atoms with Gasteiger partial charge in [-0.1, -0.05) is 36.7 Å². The lowest BCUT2D eigenvalue weighted by Crippen LogP contribution is -2.13. The molecule has 5 nitrogen and oxygen atoms in total. The third kappa shape index (κ3) is 3.40. The van der Waals surface area contributed by atoms with E-state index in [0.717, 1.165) is 17.7 Å². The number of aromatic nitrogens is 2. The fourth-order valence-corrected chi connectivity index (χ4v) is 2.28. The molecule has 0 atom stereocenters. The molecule has 0 unspecified atom stereocenters. The zero-order valence-electron chi connectivity index (χ0n) is 12.4. The van der Waals surface area contributed by atoms with E-state index in [4.69, 9.17) is 16.0 Å². The van der Waals surface area contributed by atoms with E-state index in [0.29, 0.717) is 10.6 Å². The van der Waals surface area contributed by atoms with Gasteiger partial charge in [-0.25, -0.2) is 0 Å². The topological polar surface area (TPSA) is 68.0 Å². The van der Waals surface area contributed by atoms with E-state index in [1.807, 2.05) is 31.2 Å². The summed E-state index contributed by atoms with van der Waals surface area (Å²) in [4.78, 5) is 12.3. The van der Waals surface area contributed by atoms with Crippen LogP contribution in [0.5, 0.6) is 0 Å². The molecular formula is C17H14ClN3O2. The molecule has 0 bridgehead atoms. The van der Waals surface area contributed by atoms with Crippen molar-refractivity contribution < 1.29 is 9.21 Å². The number of aryl methyl sites for hydroxylation is 1. The van der Waals surface area contributed by atoms with Gasteiger partial charge in [0, 0.05) is 16.3 Å². The van der Waals surface area contributed by atoms with Crippen LogP contribution in [0.15, 0.2) is 52.9 Å². The van der Waals surface area contributed by atoms with Crippen LogP contribution < -0.4 is 5.32 Å². The molecule has 116 valence electrons. The molecule has 1 aromatic heterocycles. The van der Waals surface area contributed by atoms with E-state index < -0.39 is 5.91 Å². The summed E-state index contributed by atoms with van der Waals surface area (Å²) in [5.41, 5.74) is 2.49. The van der Waals surface area contributed by atoms with Gasteiger partial charge in [-0.15, -0.1) is 10.2 Å². The van der Waals surface area contributed by atoms with Gasteiger partial charge in [-0.3, -0.25) is 4.79 Å². The molecule has 6 heteroatoms. The van der Waals surface area contributed by atoms with Crippen molar-refractivity contribution in [3.8, 4) is 11.5 Å². The summed E-state index contributed by atoms with van der Waals surface area (Å²) in [6.07, 6.45) is 0.816. The zero-order valence-corrected chi connectivity index (χ0v) is 13.2. The Bertz CT molecular complexity index is 828. The number of carbonyl (C=O) groups excluding carboxylic acids is 1. The second kappa shape index (κ2) is 6.62. The molecule has 0 fully saturated rings. The van der Waals surface area contributed by atoms with Gasteiger partial charge >= 0.3 is 11.8 Å². The van der Waals surface area contributed by atoms with Gasteiger partial charge in [0.25, 0.3) is 0 Å². The number of hydrogen-bond acceptors (Lipinski definition) is 4. The van der Waals surface area contributed by atoms with Crippen molar-refractivity contribution in [2.45, 2.75) is 13.3 Å². The number of benzene rings is 2. The van der Waals surface area contributed by atoms with E-state index in [9.17, 15) is 4.79 Å². The Morgan fingerprint density at radius 2 is 1.87 bits per heavy atom. The number of nitrogens with one attached hydrogen (secondary N) is 1. The summed E-state index contributed by atoms with van der Waals surface area (Å²) in [5.74, 6) is -0.241. The third-order valence-corrected chi connectivity index (χ3v) is 3.61. The summed E-state index contributed by atoms with van der Waals surface area (Å²) < 4.78 is 5.44. The number of amides is 1. The van der Waals surface area contributed by atoms with Gasteiger partial charge in [0.05, 0.1) is 0 Å². The van der Waals surface area contributed by atoms with Crippen molar-refractivity contribution in [1.29, 1.82) is 0 Å². The lowest BCUT2D eigenvalue weighted by Gasteiger charge is -2.07. The van der Waals surface area contributed by atoms with Gasteiger partial charge in [-0.2, -0.15) is 0 Å². The van der Waals surface area contributed by atoms with Crippen LogP contribution in [0.4, 0.5) is 5.69 Å². The summed E-state index contributed by atoms with van der Waals surface area (Å²) in [5, 5.41) is 11.1. The summed E-state index contributed by atoms with van der Waals surface area (Å²) in [6.45, 7) is 2.02.